The topological polar surface area (TPSA) is 195 Å². The van der Waals surface area contributed by atoms with Crippen molar-refractivity contribution < 1.29 is 37.0 Å². The fourth-order valence-electron chi connectivity index (χ4n) is 2.42. The lowest BCUT2D eigenvalue weighted by Gasteiger charge is -2.19. The van der Waals surface area contributed by atoms with E-state index in [9.17, 15) is 32.3 Å². The van der Waals surface area contributed by atoms with Gasteiger partial charge in [-0.1, -0.05) is 0 Å². The number of hydrogen-bond donors (Lipinski definition) is 5. The van der Waals surface area contributed by atoms with Gasteiger partial charge in [0.15, 0.2) is 23.3 Å². The highest BCUT2D eigenvalue weighted by Crippen LogP contribution is 2.31. The van der Waals surface area contributed by atoms with E-state index in [0.717, 1.165) is 0 Å². The number of hydroxylamine groups is 1. The molecule has 0 saturated carbocycles. The molecule has 1 amide bonds. The Hall–Kier alpha value is -3.49. The van der Waals surface area contributed by atoms with Gasteiger partial charge in [-0.05, 0) is 49.2 Å². The highest BCUT2D eigenvalue weighted by molar-refractivity contribution is 7.89. The number of rotatable bonds is 9. The minimum atomic E-state index is -5.04. The molecule has 0 heterocycles. The van der Waals surface area contributed by atoms with Crippen LogP contribution < -0.4 is 21.9 Å². The van der Waals surface area contributed by atoms with Gasteiger partial charge in [0.25, 0.3) is 15.9 Å². The Kier molecular flexibility index (Phi) is 7.91. The highest BCUT2D eigenvalue weighted by atomic mass is 32.2. The van der Waals surface area contributed by atoms with E-state index < -0.39 is 48.7 Å². The maximum atomic E-state index is 14.4. The maximum absolute atomic E-state index is 14.4. The number of guanidine groups is 1. The predicted molar refractivity (Wildman–Crippen MR) is 108 cm³/mol. The van der Waals surface area contributed by atoms with Crippen LogP contribution in [0.4, 0.5) is 8.78 Å². The molecule has 0 bridgehead atoms. The second-order valence-corrected chi connectivity index (χ2v) is 8.22. The van der Waals surface area contributed by atoms with Gasteiger partial charge in [-0.3, -0.25) is 15.0 Å². The second kappa shape index (κ2) is 10.2. The van der Waals surface area contributed by atoms with Crippen LogP contribution >= 0.6 is 0 Å². The van der Waals surface area contributed by atoms with Crippen molar-refractivity contribution in [1.82, 2.24) is 4.47 Å². The lowest BCUT2D eigenvalue weighted by atomic mass is 10.1. The minimum absolute atomic E-state index is 0.0399. The molecule has 8 N–H and O–H groups in total. The lowest BCUT2D eigenvalue weighted by Crippen LogP contribution is -2.45. The van der Waals surface area contributed by atoms with Gasteiger partial charge in [-0.25, -0.2) is 8.78 Å². The molecule has 0 aromatic heterocycles. The van der Waals surface area contributed by atoms with Crippen molar-refractivity contribution in [2.45, 2.75) is 23.8 Å². The Morgan fingerprint density at radius 3 is 2.25 bits per heavy atom. The summed E-state index contributed by atoms with van der Waals surface area (Å²) in [6.07, 6.45) is 0.121. The fourth-order valence-corrected chi connectivity index (χ4v) is 3.49. The fraction of sp³-hybridized carbons (Fsp3) is 0.222. The van der Waals surface area contributed by atoms with Crippen LogP contribution in [0.3, 0.4) is 0 Å². The van der Waals surface area contributed by atoms with Gasteiger partial charge in [0.05, 0.1) is 10.9 Å². The summed E-state index contributed by atoms with van der Waals surface area (Å²) >= 11 is 0. The molecular weight excluding hydrogens is 452 g/mol. The number of benzene rings is 2. The van der Waals surface area contributed by atoms with Crippen LogP contribution in [-0.4, -0.2) is 47.7 Å². The quantitative estimate of drug-likeness (QED) is 0.115. The van der Waals surface area contributed by atoms with Crippen molar-refractivity contribution in [2.75, 3.05) is 6.54 Å². The van der Waals surface area contributed by atoms with Crippen molar-refractivity contribution in [3.05, 3.63) is 48.0 Å². The van der Waals surface area contributed by atoms with Crippen LogP contribution in [0.1, 0.15) is 12.8 Å². The summed E-state index contributed by atoms with van der Waals surface area (Å²) in [5, 5.41) is 19.1. The molecule has 0 aliphatic heterocycles. The Labute approximate surface area is 181 Å². The molecule has 174 valence electrons. The van der Waals surface area contributed by atoms with E-state index in [1.807, 2.05) is 0 Å². The Morgan fingerprint density at radius 1 is 1.16 bits per heavy atom. The normalized spacial score (nSPS) is 12.1. The maximum Gasteiger partial charge on any atom is 0.289 e. The van der Waals surface area contributed by atoms with Crippen LogP contribution in [0.5, 0.6) is 17.2 Å². The molecule has 1 atom stereocenters. The van der Waals surface area contributed by atoms with E-state index in [1.165, 1.54) is 24.3 Å². The molecule has 0 unspecified atom stereocenters. The van der Waals surface area contributed by atoms with Crippen molar-refractivity contribution in [2.24, 2.45) is 22.2 Å². The molecule has 0 spiro atoms. The summed E-state index contributed by atoms with van der Waals surface area (Å²) in [5.41, 5.74) is 15.9. The average molecular weight is 473 g/mol. The summed E-state index contributed by atoms with van der Waals surface area (Å²) < 4.78 is 58.0. The zero-order chi connectivity index (χ0) is 24.1. The Balaban J connectivity index is 2.19. The first-order chi connectivity index (χ1) is 14.9. The molecule has 14 heteroatoms. The van der Waals surface area contributed by atoms with Crippen molar-refractivity contribution in [3.8, 4) is 17.2 Å². The number of phenolic OH excluding ortho intramolecular Hbond substituents is 1. The molecule has 0 saturated heterocycles. The monoisotopic (exact) mass is 473 g/mol. The summed E-state index contributed by atoms with van der Waals surface area (Å²) in [7, 11) is -5.04. The smallest absolute Gasteiger partial charge is 0.289 e. The van der Waals surface area contributed by atoms with Crippen molar-refractivity contribution in [3.63, 3.8) is 0 Å². The predicted octanol–water partition coefficient (Wildman–Crippen LogP) is 0.750. The van der Waals surface area contributed by atoms with Gasteiger partial charge < -0.3 is 27.0 Å². The number of aromatic hydroxyl groups is 1. The van der Waals surface area contributed by atoms with E-state index in [-0.39, 0.29) is 36.8 Å². The largest absolute Gasteiger partial charge is 0.508 e. The molecule has 2 rings (SSSR count). The number of amides is 1. The number of carbonyl (C=O) groups is 1. The first kappa shape index (κ1) is 24.8. The number of phenols is 1. The van der Waals surface area contributed by atoms with Crippen LogP contribution in [0.2, 0.25) is 0 Å². The molecule has 32 heavy (non-hydrogen) atoms. The molecule has 0 radical (unpaired) electrons. The van der Waals surface area contributed by atoms with Gasteiger partial charge >= 0.3 is 0 Å². The average Bonchev–Trinajstić information content (AvgIpc) is 2.73. The number of sulfonamides is 1. The number of hydrogen-bond acceptors (Lipinski definition) is 8. The van der Waals surface area contributed by atoms with Gasteiger partial charge in [-0.15, -0.1) is 4.47 Å². The molecule has 2 aromatic carbocycles. The number of halogens is 2. The van der Waals surface area contributed by atoms with Gasteiger partial charge in [0, 0.05) is 6.54 Å². The summed E-state index contributed by atoms with van der Waals surface area (Å²) in [4.78, 5) is 14.8. The van der Waals surface area contributed by atoms with E-state index >= 15 is 0 Å². The van der Waals surface area contributed by atoms with Crippen molar-refractivity contribution in [1.29, 1.82) is 0 Å². The third kappa shape index (κ3) is 6.03. The number of ether oxygens (including phenoxy) is 1. The number of nitrogens with zero attached hydrogens (tertiary/aromatic N) is 2. The number of nitrogens with two attached hydrogens (primary N) is 3. The molecule has 0 aliphatic carbocycles. The van der Waals surface area contributed by atoms with Gasteiger partial charge in [-0.2, -0.15) is 8.42 Å². The Morgan fingerprint density at radius 2 is 1.72 bits per heavy atom. The summed E-state index contributed by atoms with van der Waals surface area (Å²) in [6.45, 7) is 0.112. The van der Waals surface area contributed by atoms with Gasteiger partial charge in [0.2, 0.25) is 0 Å². The molecular formula is C18H21F2N5O6S. The summed E-state index contributed by atoms with van der Waals surface area (Å²) in [6, 6.07) is 4.16. The lowest BCUT2D eigenvalue weighted by molar-refractivity contribution is -0.147. The van der Waals surface area contributed by atoms with E-state index in [0.29, 0.717) is 12.1 Å². The molecule has 11 nitrogen and oxygen atoms in total. The van der Waals surface area contributed by atoms with Crippen LogP contribution in [0, 0.1) is 11.6 Å². The van der Waals surface area contributed by atoms with E-state index in [1.54, 1.807) is 0 Å². The molecule has 2 aromatic rings. The van der Waals surface area contributed by atoms with Crippen LogP contribution in [0.25, 0.3) is 0 Å². The third-order valence-electron chi connectivity index (χ3n) is 4.03. The van der Waals surface area contributed by atoms with E-state index in [2.05, 4.69) is 4.99 Å². The number of aliphatic imine (C=N–C) groups is 1. The van der Waals surface area contributed by atoms with E-state index in [4.69, 9.17) is 21.9 Å². The van der Waals surface area contributed by atoms with Crippen LogP contribution in [-0.2, 0) is 14.8 Å². The molecule has 0 fully saturated rings. The van der Waals surface area contributed by atoms with Gasteiger partial charge in [0.1, 0.15) is 11.5 Å². The zero-order valence-corrected chi connectivity index (χ0v) is 17.3. The standard InChI is InChI=1S/C18H21F2N5O6S/c19-13-8-12(9-14(20)16(13)31-11-5-3-10(26)4-6-11)32(29,30)25(28)17(27)15(21)2-1-7-24-18(22)23/h3-6,8-9,15,26,28H,1-2,7,21H2,(H4,22,23,24)/t15-/m0/s1. The first-order valence-corrected chi connectivity index (χ1v) is 10.4. The highest BCUT2D eigenvalue weighted by Gasteiger charge is 2.33. The Bertz CT molecular complexity index is 1080. The SMILES string of the molecule is NC(N)=NCCC[C@H](N)C(=O)N(O)S(=O)(=O)c1cc(F)c(Oc2ccc(O)cc2)c(F)c1. The minimum Gasteiger partial charge on any atom is -0.508 e. The second-order valence-electron chi connectivity index (χ2n) is 6.45. The molecule has 0 aliphatic rings. The van der Waals surface area contributed by atoms with Crippen LogP contribution in [0.15, 0.2) is 46.3 Å². The number of carbonyl (C=O) groups excluding carboxylic acids is 1. The first-order valence-electron chi connectivity index (χ1n) is 8.98. The third-order valence-corrected chi connectivity index (χ3v) is 5.49. The zero-order valence-electron chi connectivity index (χ0n) is 16.5. The summed E-state index contributed by atoms with van der Waals surface area (Å²) in [5.74, 6) is -5.51. The van der Waals surface area contributed by atoms with Crippen molar-refractivity contribution >= 4 is 21.9 Å².